The van der Waals surface area contributed by atoms with Gasteiger partial charge in [0.1, 0.15) is 5.75 Å². The fourth-order valence-electron chi connectivity index (χ4n) is 2.49. The molecule has 0 saturated carbocycles. The van der Waals surface area contributed by atoms with Gasteiger partial charge in [-0.05, 0) is 40.2 Å². The van der Waals surface area contributed by atoms with E-state index in [-0.39, 0.29) is 17.6 Å². The molecule has 1 aromatic heterocycles. The van der Waals surface area contributed by atoms with Crippen molar-refractivity contribution in [2.45, 2.75) is 13.5 Å². The highest BCUT2D eigenvalue weighted by atomic mass is 79.9. The van der Waals surface area contributed by atoms with Crippen molar-refractivity contribution in [2.24, 2.45) is 11.0 Å². The lowest BCUT2D eigenvalue weighted by atomic mass is 10.1. The molecule has 2 aromatic carbocycles. The highest BCUT2D eigenvalue weighted by Crippen LogP contribution is 2.30. The second-order valence-electron chi connectivity index (χ2n) is 5.85. The predicted molar refractivity (Wildman–Crippen MR) is 108 cm³/mol. The summed E-state index contributed by atoms with van der Waals surface area (Å²) in [7, 11) is 0. The summed E-state index contributed by atoms with van der Waals surface area (Å²) in [5.74, 6) is -0.454. The first-order chi connectivity index (χ1) is 12.5. The first-order valence-electron chi connectivity index (χ1n) is 7.86. The van der Waals surface area contributed by atoms with E-state index in [1.54, 1.807) is 18.5 Å². The van der Waals surface area contributed by atoms with Crippen LogP contribution in [0.15, 0.2) is 56.8 Å². The van der Waals surface area contributed by atoms with Gasteiger partial charge in [-0.25, -0.2) is 10.4 Å². The van der Waals surface area contributed by atoms with E-state index in [0.717, 1.165) is 15.5 Å². The summed E-state index contributed by atoms with van der Waals surface area (Å²) in [6, 6.07) is 11.2. The first kappa shape index (κ1) is 18.6. The van der Waals surface area contributed by atoms with Gasteiger partial charge in [0.15, 0.2) is 0 Å². The molecule has 1 heterocycles. The molecule has 8 heteroatoms. The molecule has 0 bridgehead atoms. The molecule has 0 aliphatic heterocycles. The molecule has 0 aliphatic carbocycles. The Hall–Kier alpha value is -2.19. The van der Waals surface area contributed by atoms with E-state index in [1.807, 2.05) is 35.8 Å². The number of hydrogen-bond acceptors (Lipinski definition) is 4. The lowest BCUT2D eigenvalue weighted by molar-refractivity contribution is -0.124. The number of aromatic hydroxyl groups is 1. The number of amides is 1. The second kappa shape index (κ2) is 8.01. The molecule has 0 unspecified atom stereocenters. The standard InChI is InChI=1S/C18H16Br2N4O2/c1-11(9-24-10-21-15-4-2-3-5-16(15)24)18(26)23-22-8-12-6-13(19)7-14(20)17(12)25/h2-8,10-11,25H,9H2,1H3,(H,23,26)/b22-8-/t11-/m1/s1. The topological polar surface area (TPSA) is 79.5 Å². The van der Waals surface area contributed by atoms with E-state index < -0.39 is 0 Å². The molecule has 0 spiro atoms. The average Bonchev–Trinajstić information content (AvgIpc) is 3.02. The van der Waals surface area contributed by atoms with Crippen LogP contribution in [0.2, 0.25) is 0 Å². The zero-order valence-corrected chi connectivity index (χ0v) is 17.0. The number of nitrogens with one attached hydrogen (secondary N) is 1. The Morgan fingerprint density at radius 3 is 2.96 bits per heavy atom. The SMILES string of the molecule is C[C@H](Cn1cnc2ccccc21)C(=O)N/N=C\c1cc(Br)cc(Br)c1O. The highest BCUT2D eigenvalue weighted by molar-refractivity contribution is 9.11. The van der Waals surface area contributed by atoms with Crippen molar-refractivity contribution < 1.29 is 9.90 Å². The third-order valence-corrected chi connectivity index (χ3v) is 4.94. The Balaban J connectivity index is 1.65. The van der Waals surface area contributed by atoms with Crippen molar-refractivity contribution in [3.8, 4) is 5.75 Å². The molecule has 3 aromatic rings. The third-order valence-electron chi connectivity index (χ3n) is 3.88. The number of rotatable bonds is 5. The number of phenols is 1. The van der Waals surface area contributed by atoms with E-state index in [1.165, 1.54) is 6.21 Å². The van der Waals surface area contributed by atoms with Gasteiger partial charge in [0, 0.05) is 16.6 Å². The molecule has 0 radical (unpaired) electrons. The van der Waals surface area contributed by atoms with Gasteiger partial charge in [0.05, 0.1) is 34.0 Å². The lowest BCUT2D eigenvalue weighted by Gasteiger charge is -2.11. The minimum atomic E-state index is -0.299. The van der Waals surface area contributed by atoms with Crippen molar-refractivity contribution >= 4 is 55.0 Å². The van der Waals surface area contributed by atoms with Crippen molar-refractivity contribution in [1.82, 2.24) is 15.0 Å². The summed E-state index contributed by atoms with van der Waals surface area (Å²) >= 11 is 6.60. The van der Waals surface area contributed by atoms with Crippen LogP contribution in [-0.2, 0) is 11.3 Å². The number of carbonyl (C=O) groups excluding carboxylic acids is 1. The van der Waals surface area contributed by atoms with Crippen molar-refractivity contribution in [2.75, 3.05) is 0 Å². The number of halogens is 2. The summed E-state index contributed by atoms with van der Waals surface area (Å²) in [6.07, 6.45) is 3.14. The van der Waals surface area contributed by atoms with E-state index in [4.69, 9.17) is 0 Å². The maximum absolute atomic E-state index is 12.3. The van der Waals surface area contributed by atoms with Gasteiger partial charge < -0.3 is 9.67 Å². The molecular formula is C18H16Br2N4O2. The number of fused-ring (bicyclic) bond motifs is 1. The quantitative estimate of drug-likeness (QED) is 0.428. The number of aromatic nitrogens is 2. The Labute approximate surface area is 167 Å². The van der Waals surface area contributed by atoms with Crippen LogP contribution in [0.3, 0.4) is 0 Å². The molecule has 0 saturated heterocycles. The van der Waals surface area contributed by atoms with Gasteiger partial charge in [-0.1, -0.05) is 35.0 Å². The highest BCUT2D eigenvalue weighted by Gasteiger charge is 2.14. The largest absolute Gasteiger partial charge is 0.506 e. The molecule has 1 amide bonds. The van der Waals surface area contributed by atoms with E-state index in [2.05, 4.69) is 47.4 Å². The van der Waals surface area contributed by atoms with Gasteiger partial charge in [0.2, 0.25) is 5.91 Å². The molecule has 3 rings (SSSR count). The van der Waals surface area contributed by atoms with Crippen LogP contribution in [-0.4, -0.2) is 26.8 Å². The smallest absolute Gasteiger partial charge is 0.244 e. The van der Waals surface area contributed by atoms with Crippen molar-refractivity contribution in [3.63, 3.8) is 0 Å². The minimum absolute atomic E-state index is 0.0594. The normalized spacial score (nSPS) is 12.6. The van der Waals surface area contributed by atoms with Gasteiger partial charge in [0.25, 0.3) is 0 Å². The average molecular weight is 480 g/mol. The number of nitrogens with zero attached hydrogens (tertiary/aromatic N) is 3. The molecule has 0 aliphatic rings. The van der Waals surface area contributed by atoms with Crippen LogP contribution >= 0.6 is 31.9 Å². The Morgan fingerprint density at radius 1 is 1.38 bits per heavy atom. The molecule has 2 N–H and O–H groups in total. The predicted octanol–water partition coefficient (Wildman–Crippen LogP) is 4.05. The lowest BCUT2D eigenvalue weighted by Crippen LogP contribution is -2.27. The number of benzene rings is 2. The minimum Gasteiger partial charge on any atom is -0.506 e. The number of carbonyl (C=O) groups is 1. The van der Waals surface area contributed by atoms with Crippen molar-refractivity contribution in [3.05, 3.63) is 57.2 Å². The van der Waals surface area contributed by atoms with E-state index >= 15 is 0 Å². The molecular weight excluding hydrogens is 464 g/mol. The van der Waals surface area contributed by atoms with Crippen LogP contribution in [0, 0.1) is 5.92 Å². The molecule has 134 valence electrons. The monoisotopic (exact) mass is 478 g/mol. The summed E-state index contributed by atoms with van der Waals surface area (Å²) in [5.41, 5.74) is 4.88. The van der Waals surface area contributed by atoms with Gasteiger partial charge in [-0.15, -0.1) is 0 Å². The summed E-state index contributed by atoms with van der Waals surface area (Å²) < 4.78 is 3.27. The van der Waals surface area contributed by atoms with Crippen LogP contribution < -0.4 is 5.43 Å². The van der Waals surface area contributed by atoms with E-state index in [9.17, 15) is 9.90 Å². The van der Waals surface area contributed by atoms with Gasteiger partial charge in [-0.2, -0.15) is 5.10 Å². The molecule has 6 nitrogen and oxygen atoms in total. The molecule has 26 heavy (non-hydrogen) atoms. The summed E-state index contributed by atoms with van der Waals surface area (Å²) in [4.78, 5) is 16.6. The van der Waals surface area contributed by atoms with Crippen LogP contribution in [0.1, 0.15) is 12.5 Å². The molecule has 0 fully saturated rings. The molecule has 1 atom stereocenters. The van der Waals surface area contributed by atoms with E-state index in [0.29, 0.717) is 16.6 Å². The van der Waals surface area contributed by atoms with Crippen molar-refractivity contribution in [1.29, 1.82) is 0 Å². The number of para-hydroxylation sites is 2. The second-order valence-corrected chi connectivity index (χ2v) is 7.62. The van der Waals surface area contributed by atoms with Gasteiger partial charge in [-0.3, -0.25) is 4.79 Å². The Bertz CT molecular complexity index is 984. The number of hydrogen-bond donors (Lipinski definition) is 2. The fourth-order valence-corrected chi connectivity index (χ4v) is 3.75. The fraction of sp³-hybridized carbons (Fsp3) is 0.167. The Morgan fingerprint density at radius 2 is 2.15 bits per heavy atom. The first-order valence-corrected chi connectivity index (χ1v) is 9.45. The zero-order valence-electron chi connectivity index (χ0n) is 13.9. The summed E-state index contributed by atoms with van der Waals surface area (Å²) in [6.45, 7) is 2.32. The zero-order chi connectivity index (χ0) is 18.7. The number of hydrazone groups is 1. The maximum atomic E-state index is 12.3. The summed E-state index contributed by atoms with van der Waals surface area (Å²) in [5, 5.41) is 13.9. The maximum Gasteiger partial charge on any atom is 0.244 e. The van der Waals surface area contributed by atoms with Crippen LogP contribution in [0.25, 0.3) is 11.0 Å². The number of phenolic OH excluding ortho intramolecular Hbond substituents is 1. The van der Waals surface area contributed by atoms with Crippen LogP contribution in [0.5, 0.6) is 5.75 Å². The Kier molecular flexibility index (Phi) is 5.73. The third kappa shape index (κ3) is 4.13. The van der Waals surface area contributed by atoms with Crippen LogP contribution in [0.4, 0.5) is 0 Å². The van der Waals surface area contributed by atoms with Gasteiger partial charge >= 0.3 is 0 Å². The number of imidazole rings is 1.